The number of Topliss-reactive ketones (excluding diaryl/α,β-unsaturated/α-hetero) is 1. The highest BCUT2D eigenvalue weighted by molar-refractivity contribution is 7.99. The van der Waals surface area contributed by atoms with Gasteiger partial charge in [0.2, 0.25) is 0 Å². The van der Waals surface area contributed by atoms with Crippen LogP contribution in [0.4, 0.5) is 0 Å². The average molecular weight is 411 g/mol. The van der Waals surface area contributed by atoms with Gasteiger partial charge < -0.3 is 4.74 Å². The van der Waals surface area contributed by atoms with Gasteiger partial charge in [0.25, 0.3) is 0 Å². The normalized spacial score (nSPS) is 22.3. The molecular weight excluding hydrogens is 380 g/mol. The van der Waals surface area contributed by atoms with Gasteiger partial charge in [0.1, 0.15) is 0 Å². The second kappa shape index (κ2) is 8.74. The fourth-order valence-electron chi connectivity index (χ4n) is 4.19. The van der Waals surface area contributed by atoms with Crippen molar-refractivity contribution < 1.29 is 14.3 Å². The lowest BCUT2D eigenvalue weighted by molar-refractivity contribution is -0.157. The summed E-state index contributed by atoms with van der Waals surface area (Å²) in [7, 11) is 0. The van der Waals surface area contributed by atoms with E-state index >= 15 is 0 Å². The second-order valence-electron chi connectivity index (χ2n) is 8.77. The van der Waals surface area contributed by atoms with E-state index in [1.54, 1.807) is 18.7 Å². The van der Waals surface area contributed by atoms with Crippen molar-refractivity contribution in [2.24, 2.45) is 11.3 Å². The minimum atomic E-state index is -1.23. The van der Waals surface area contributed by atoms with Crippen molar-refractivity contribution in [3.63, 3.8) is 0 Å². The van der Waals surface area contributed by atoms with Gasteiger partial charge in [-0.2, -0.15) is 0 Å². The maximum absolute atomic E-state index is 13.4. The Hall–Kier alpha value is -2.07. The fourth-order valence-corrected chi connectivity index (χ4v) is 5.23. The first kappa shape index (κ1) is 21.6. The molecule has 3 rings (SSSR count). The van der Waals surface area contributed by atoms with Crippen molar-refractivity contribution in [3.8, 4) is 0 Å². The third-order valence-corrected chi connectivity index (χ3v) is 7.00. The molecule has 0 spiro atoms. The molecule has 0 radical (unpaired) electrons. The van der Waals surface area contributed by atoms with Crippen LogP contribution >= 0.6 is 11.8 Å². The molecule has 0 bridgehead atoms. The number of carbonyl (C=O) groups is 2. The van der Waals surface area contributed by atoms with Gasteiger partial charge in [-0.1, -0.05) is 68.9 Å². The van der Waals surface area contributed by atoms with Crippen molar-refractivity contribution in [1.82, 2.24) is 0 Å². The van der Waals surface area contributed by atoms with Crippen LogP contribution in [0.15, 0.2) is 64.4 Å². The van der Waals surface area contributed by atoms with Gasteiger partial charge in [-0.3, -0.25) is 9.59 Å². The molecule has 0 aliphatic heterocycles. The Morgan fingerprint density at radius 3 is 2.41 bits per heavy atom. The monoisotopic (exact) mass is 410 g/mol. The minimum absolute atomic E-state index is 0.0139. The Morgan fingerprint density at radius 2 is 1.76 bits per heavy atom. The largest absolute Gasteiger partial charge is 0.465 e. The van der Waals surface area contributed by atoms with Crippen LogP contribution in [-0.4, -0.2) is 18.4 Å². The molecule has 154 valence electrons. The molecule has 2 aromatic rings. The summed E-state index contributed by atoms with van der Waals surface area (Å²) >= 11 is 1.59. The number of ether oxygens (including phenoxy) is 1. The van der Waals surface area contributed by atoms with Gasteiger partial charge in [-0.05, 0) is 54.9 Å². The first-order valence-electron chi connectivity index (χ1n) is 10.3. The fraction of sp³-hybridized carbons (Fsp3) is 0.440. The van der Waals surface area contributed by atoms with Crippen LogP contribution in [0.3, 0.4) is 0 Å². The summed E-state index contributed by atoms with van der Waals surface area (Å²) in [6.45, 7) is 8.63. The third-order valence-electron chi connectivity index (χ3n) is 5.91. The molecule has 1 fully saturated rings. The van der Waals surface area contributed by atoms with E-state index in [-0.39, 0.29) is 23.7 Å². The molecule has 2 aromatic carbocycles. The number of rotatable bonds is 5. The van der Waals surface area contributed by atoms with Gasteiger partial charge >= 0.3 is 5.97 Å². The average Bonchev–Trinajstić information content (AvgIpc) is 2.69. The summed E-state index contributed by atoms with van der Waals surface area (Å²) in [6.07, 6.45) is 1.73. The van der Waals surface area contributed by atoms with Crippen molar-refractivity contribution >= 4 is 23.5 Å². The van der Waals surface area contributed by atoms with Crippen molar-refractivity contribution in [1.29, 1.82) is 0 Å². The highest BCUT2D eigenvalue weighted by Crippen LogP contribution is 2.49. The zero-order valence-electron chi connectivity index (χ0n) is 17.7. The SMILES string of the molecule is CCOC(=O)[C@@]1(c2ccccc2Sc2ccccc2)C[C@@H](C(C)(C)C)CCC1=O. The maximum atomic E-state index is 13.4. The van der Waals surface area contributed by atoms with E-state index in [9.17, 15) is 9.59 Å². The van der Waals surface area contributed by atoms with E-state index in [2.05, 4.69) is 20.8 Å². The Morgan fingerprint density at radius 1 is 1.10 bits per heavy atom. The van der Waals surface area contributed by atoms with Crippen LogP contribution in [0.1, 0.15) is 52.5 Å². The standard InChI is InChI=1S/C25H30O3S/c1-5-28-23(27)25(17-18(24(2,3)4)15-16-22(25)26)20-13-9-10-14-21(20)29-19-11-7-6-8-12-19/h6-14,18H,5,15-17H2,1-4H3/t18-,25+/m0/s1. The molecular formula is C25H30O3S. The smallest absolute Gasteiger partial charge is 0.324 e. The van der Waals surface area contributed by atoms with Gasteiger partial charge in [0, 0.05) is 16.2 Å². The quantitative estimate of drug-likeness (QED) is 0.444. The topological polar surface area (TPSA) is 43.4 Å². The number of ketones is 1. The van der Waals surface area contributed by atoms with Crippen molar-refractivity contribution in [2.75, 3.05) is 6.61 Å². The molecule has 1 saturated carbocycles. The molecule has 2 atom stereocenters. The van der Waals surface area contributed by atoms with Gasteiger partial charge in [-0.25, -0.2) is 0 Å². The zero-order valence-corrected chi connectivity index (χ0v) is 18.6. The molecule has 0 N–H and O–H groups in total. The first-order valence-corrected chi connectivity index (χ1v) is 11.1. The van der Waals surface area contributed by atoms with Crippen LogP contribution in [0.5, 0.6) is 0 Å². The summed E-state index contributed by atoms with van der Waals surface area (Å²) in [5.74, 6) is -0.156. The molecule has 3 nitrogen and oxygen atoms in total. The molecule has 0 amide bonds. The van der Waals surface area contributed by atoms with Crippen molar-refractivity contribution in [3.05, 3.63) is 60.2 Å². The van der Waals surface area contributed by atoms with Gasteiger partial charge in [0.15, 0.2) is 11.2 Å². The van der Waals surface area contributed by atoms with Crippen LogP contribution in [-0.2, 0) is 19.7 Å². The number of esters is 1. The Labute approximate surface area is 178 Å². The Bertz CT molecular complexity index is 869. The van der Waals surface area contributed by atoms with E-state index in [1.165, 1.54) is 0 Å². The highest BCUT2D eigenvalue weighted by atomic mass is 32.2. The van der Waals surface area contributed by atoms with Crippen LogP contribution in [0.2, 0.25) is 0 Å². The number of hydrogen-bond donors (Lipinski definition) is 0. The molecule has 4 heteroatoms. The number of hydrogen-bond acceptors (Lipinski definition) is 4. The van der Waals surface area contributed by atoms with Crippen LogP contribution in [0, 0.1) is 11.3 Å². The van der Waals surface area contributed by atoms with Gasteiger partial charge in [0.05, 0.1) is 6.61 Å². The van der Waals surface area contributed by atoms with E-state index < -0.39 is 11.4 Å². The van der Waals surface area contributed by atoms with E-state index in [4.69, 9.17) is 4.74 Å². The maximum Gasteiger partial charge on any atom is 0.324 e. The predicted octanol–water partition coefficient (Wildman–Crippen LogP) is 6.05. The molecule has 1 aliphatic carbocycles. The van der Waals surface area contributed by atoms with E-state index in [1.807, 2.05) is 54.6 Å². The summed E-state index contributed by atoms with van der Waals surface area (Å²) in [5.41, 5.74) is -0.434. The minimum Gasteiger partial charge on any atom is -0.465 e. The predicted molar refractivity (Wildman–Crippen MR) is 117 cm³/mol. The summed E-state index contributed by atoms with van der Waals surface area (Å²) in [5, 5.41) is 0. The number of carbonyl (C=O) groups excluding carboxylic acids is 2. The molecule has 0 unspecified atom stereocenters. The van der Waals surface area contributed by atoms with Crippen LogP contribution < -0.4 is 0 Å². The number of benzene rings is 2. The van der Waals surface area contributed by atoms with Crippen molar-refractivity contribution in [2.45, 2.75) is 62.2 Å². The lowest BCUT2D eigenvalue weighted by Gasteiger charge is -2.43. The molecule has 0 heterocycles. The molecule has 0 saturated heterocycles. The lowest BCUT2D eigenvalue weighted by Crippen LogP contribution is -2.51. The summed E-state index contributed by atoms with van der Waals surface area (Å²) < 4.78 is 5.51. The molecule has 29 heavy (non-hydrogen) atoms. The summed E-state index contributed by atoms with van der Waals surface area (Å²) in [4.78, 5) is 28.8. The van der Waals surface area contributed by atoms with E-state index in [0.29, 0.717) is 12.8 Å². The third kappa shape index (κ3) is 4.42. The van der Waals surface area contributed by atoms with Crippen LogP contribution in [0.25, 0.3) is 0 Å². The molecule has 0 aromatic heterocycles. The summed E-state index contributed by atoms with van der Waals surface area (Å²) in [6, 6.07) is 17.9. The second-order valence-corrected chi connectivity index (χ2v) is 9.88. The molecule has 1 aliphatic rings. The Balaban J connectivity index is 2.13. The highest BCUT2D eigenvalue weighted by Gasteiger charge is 2.54. The lowest BCUT2D eigenvalue weighted by atomic mass is 9.59. The first-order chi connectivity index (χ1) is 13.8. The Kier molecular flexibility index (Phi) is 6.52. The zero-order chi connectivity index (χ0) is 21.1. The van der Waals surface area contributed by atoms with E-state index in [0.717, 1.165) is 21.8 Å². The van der Waals surface area contributed by atoms with Gasteiger partial charge in [-0.15, -0.1) is 0 Å².